The van der Waals surface area contributed by atoms with E-state index in [0.29, 0.717) is 23.7 Å². The number of hydrazone groups is 1. The van der Waals surface area contributed by atoms with Gasteiger partial charge in [0, 0.05) is 15.6 Å². The van der Waals surface area contributed by atoms with Crippen molar-refractivity contribution in [2.24, 2.45) is 5.10 Å². The number of carbonyl (C=O) groups excluding carboxylic acids is 1. The molecule has 0 saturated carbocycles. The molecule has 0 fully saturated rings. The lowest BCUT2D eigenvalue weighted by Gasteiger charge is -2.05. The van der Waals surface area contributed by atoms with Crippen LogP contribution in [0.2, 0.25) is 0 Å². The molecule has 0 aliphatic carbocycles. The lowest BCUT2D eigenvalue weighted by Crippen LogP contribution is -2.17. The number of fused-ring (bicyclic) bond motifs is 1. The van der Waals surface area contributed by atoms with Gasteiger partial charge >= 0.3 is 0 Å². The summed E-state index contributed by atoms with van der Waals surface area (Å²) in [5, 5.41) is 3.99. The fraction of sp³-hybridized carbons (Fsp3) is 0.222. The molecular weight excluding hydrogens is 388 g/mol. The van der Waals surface area contributed by atoms with E-state index in [1.165, 1.54) is 0 Å². The first kappa shape index (κ1) is 17.3. The maximum Gasteiger partial charge on any atom is 0.271 e. The number of hydrogen-bond donors (Lipinski definition) is 1. The standard InChI is InChI=1S/C18H17BrN2O4/c1-2-7-23-14-5-3-12(4-6-14)18(22)21-20-10-13-8-16-17(9-15(13)19)25-11-24-16/h3-6,8-10H,2,7,11H2,1H3,(H,21,22)/b20-10+. The Morgan fingerprint density at radius 1 is 1.28 bits per heavy atom. The average molecular weight is 405 g/mol. The second kappa shape index (κ2) is 8.02. The van der Waals surface area contributed by atoms with Crippen molar-refractivity contribution in [3.63, 3.8) is 0 Å². The third-order valence-corrected chi connectivity index (χ3v) is 4.14. The van der Waals surface area contributed by atoms with Crippen LogP contribution in [0.25, 0.3) is 0 Å². The lowest BCUT2D eigenvalue weighted by atomic mass is 10.2. The molecule has 1 amide bonds. The number of nitrogens with one attached hydrogen (secondary N) is 1. The molecule has 0 unspecified atom stereocenters. The minimum atomic E-state index is -0.296. The highest BCUT2D eigenvalue weighted by Gasteiger charge is 2.15. The van der Waals surface area contributed by atoms with E-state index in [-0.39, 0.29) is 12.7 Å². The first-order valence-corrected chi connectivity index (χ1v) is 8.62. The number of halogens is 1. The van der Waals surface area contributed by atoms with E-state index in [4.69, 9.17) is 14.2 Å². The van der Waals surface area contributed by atoms with Crippen LogP contribution in [0.15, 0.2) is 46.0 Å². The van der Waals surface area contributed by atoms with Gasteiger partial charge in [-0.15, -0.1) is 0 Å². The number of carbonyl (C=O) groups is 1. The van der Waals surface area contributed by atoms with E-state index >= 15 is 0 Å². The molecule has 0 bridgehead atoms. The van der Waals surface area contributed by atoms with Crippen LogP contribution in [-0.4, -0.2) is 25.5 Å². The summed E-state index contributed by atoms with van der Waals surface area (Å²) in [4.78, 5) is 12.1. The van der Waals surface area contributed by atoms with E-state index in [1.807, 2.05) is 6.92 Å². The molecule has 2 aromatic rings. The van der Waals surface area contributed by atoms with Crippen molar-refractivity contribution >= 4 is 28.1 Å². The molecule has 0 spiro atoms. The molecule has 0 saturated heterocycles. The number of amides is 1. The highest BCUT2D eigenvalue weighted by Crippen LogP contribution is 2.36. The first-order valence-electron chi connectivity index (χ1n) is 7.83. The maximum absolute atomic E-state index is 12.1. The second-order valence-electron chi connectivity index (χ2n) is 5.30. The van der Waals surface area contributed by atoms with Gasteiger partial charge in [0.15, 0.2) is 11.5 Å². The van der Waals surface area contributed by atoms with Gasteiger partial charge in [-0.2, -0.15) is 5.10 Å². The first-order chi connectivity index (χ1) is 12.2. The molecular formula is C18H17BrN2O4. The SMILES string of the molecule is CCCOc1ccc(C(=O)N/N=C/c2cc3c(cc2Br)OCO3)cc1. The van der Waals surface area contributed by atoms with Gasteiger partial charge in [-0.05, 0) is 58.7 Å². The summed E-state index contributed by atoms with van der Waals surface area (Å²) in [6.07, 6.45) is 2.48. The fourth-order valence-electron chi connectivity index (χ4n) is 2.18. The highest BCUT2D eigenvalue weighted by atomic mass is 79.9. The summed E-state index contributed by atoms with van der Waals surface area (Å²) >= 11 is 3.44. The monoisotopic (exact) mass is 404 g/mol. The minimum absolute atomic E-state index is 0.205. The minimum Gasteiger partial charge on any atom is -0.494 e. The number of rotatable bonds is 6. The molecule has 3 rings (SSSR count). The van der Waals surface area contributed by atoms with Gasteiger partial charge in [0.05, 0.1) is 12.8 Å². The van der Waals surface area contributed by atoms with Gasteiger partial charge in [0.2, 0.25) is 6.79 Å². The number of hydrogen-bond acceptors (Lipinski definition) is 5. The third kappa shape index (κ3) is 4.30. The zero-order valence-electron chi connectivity index (χ0n) is 13.6. The van der Waals surface area contributed by atoms with E-state index in [1.54, 1.807) is 42.6 Å². The van der Waals surface area contributed by atoms with E-state index in [9.17, 15) is 4.79 Å². The fourth-order valence-corrected chi connectivity index (χ4v) is 2.60. The zero-order chi connectivity index (χ0) is 17.6. The topological polar surface area (TPSA) is 69.2 Å². The van der Waals surface area contributed by atoms with Crippen LogP contribution in [0.4, 0.5) is 0 Å². The summed E-state index contributed by atoms with van der Waals surface area (Å²) in [6, 6.07) is 10.5. The molecule has 0 radical (unpaired) electrons. The molecule has 130 valence electrons. The van der Waals surface area contributed by atoms with Crippen LogP contribution in [0.1, 0.15) is 29.3 Å². The molecule has 0 aromatic heterocycles. The van der Waals surface area contributed by atoms with Crippen LogP contribution < -0.4 is 19.6 Å². The van der Waals surface area contributed by atoms with Crippen molar-refractivity contribution in [3.8, 4) is 17.2 Å². The van der Waals surface area contributed by atoms with Crippen molar-refractivity contribution in [2.45, 2.75) is 13.3 Å². The molecule has 0 atom stereocenters. The lowest BCUT2D eigenvalue weighted by molar-refractivity contribution is 0.0955. The van der Waals surface area contributed by atoms with Crippen molar-refractivity contribution < 1.29 is 19.0 Å². The van der Waals surface area contributed by atoms with Crippen LogP contribution in [-0.2, 0) is 0 Å². The Labute approximate surface area is 153 Å². The summed E-state index contributed by atoms with van der Waals surface area (Å²) in [7, 11) is 0. The van der Waals surface area contributed by atoms with Gasteiger partial charge in [0.1, 0.15) is 5.75 Å². The van der Waals surface area contributed by atoms with E-state index in [0.717, 1.165) is 22.2 Å². The molecule has 2 aromatic carbocycles. The van der Waals surface area contributed by atoms with Crippen LogP contribution >= 0.6 is 15.9 Å². The summed E-state index contributed by atoms with van der Waals surface area (Å²) in [6.45, 7) is 2.90. The van der Waals surface area contributed by atoms with Gasteiger partial charge in [-0.1, -0.05) is 6.92 Å². The molecule has 1 heterocycles. The predicted molar refractivity (Wildman–Crippen MR) is 97.6 cm³/mol. The number of nitrogens with zero attached hydrogens (tertiary/aromatic N) is 1. The van der Waals surface area contributed by atoms with Crippen molar-refractivity contribution in [2.75, 3.05) is 13.4 Å². The molecule has 1 aliphatic heterocycles. The normalized spacial score (nSPS) is 12.4. The summed E-state index contributed by atoms with van der Waals surface area (Å²) < 4.78 is 16.9. The van der Waals surface area contributed by atoms with Crippen LogP contribution in [0, 0.1) is 0 Å². The second-order valence-corrected chi connectivity index (χ2v) is 6.15. The Kier molecular flexibility index (Phi) is 5.55. The molecule has 1 N–H and O–H groups in total. The number of ether oxygens (including phenoxy) is 3. The van der Waals surface area contributed by atoms with Gasteiger partial charge in [-0.3, -0.25) is 4.79 Å². The zero-order valence-corrected chi connectivity index (χ0v) is 15.2. The van der Waals surface area contributed by atoms with Crippen molar-refractivity contribution in [1.29, 1.82) is 0 Å². The van der Waals surface area contributed by atoms with Crippen LogP contribution in [0.5, 0.6) is 17.2 Å². The smallest absolute Gasteiger partial charge is 0.271 e. The van der Waals surface area contributed by atoms with E-state index < -0.39 is 0 Å². The maximum atomic E-state index is 12.1. The van der Waals surface area contributed by atoms with Gasteiger partial charge in [-0.25, -0.2) is 5.43 Å². The van der Waals surface area contributed by atoms with E-state index in [2.05, 4.69) is 26.5 Å². The highest BCUT2D eigenvalue weighted by molar-refractivity contribution is 9.10. The summed E-state index contributed by atoms with van der Waals surface area (Å²) in [5.41, 5.74) is 3.78. The Morgan fingerprint density at radius 3 is 2.72 bits per heavy atom. The van der Waals surface area contributed by atoms with Crippen molar-refractivity contribution in [3.05, 3.63) is 52.0 Å². The average Bonchev–Trinajstić information content (AvgIpc) is 3.07. The third-order valence-electron chi connectivity index (χ3n) is 3.45. The Bertz CT molecular complexity index is 790. The molecule has 7 heteroatoms. The number of benzene rings is 2. The Hall–Kier alpha value is -2.54. The quantitative estimate of drug-likeness (QED) is 0.588. The van der Waals surface area contributed by atoms with Crippen molar-refractivity contribution in [1.82, 2.24) is 5.43 Å². The predicted octanol–water partition coefficient (Wildman–Crippen LogP) is 3.73. The van der Waals surface area contributed by atoms with Gasteiger partial charge < -0.3 is 14.2 Å². The van der Waals surface area contributed by atoms with Gasteiger partial charge in [0.25, 0.3) is 5.91 Å². The molecule has 25 heavy (non-hydrogen) atoms. The summed E-state index contributed by atoms with van der Waals surface area (Å²) in [5.74, 6) is 1.78. The molecule has 1 aliphatic rings. The largest absolute Gasteiger partial charge is 0.494 e. The Balaban J connectivity index is 1.61. The Morgan fingerprint density at radius 2 is 2.00 bits per heavy atom. The molecule has 6 nitrogen and oxygen atoms in total. The van der Waals surface area contributed by atoms with Crippen LogP contribution in [0.3, 0.4) is 0 Å².